The van der Waals surface area contributed by atoms with Gasteiger partial charge in [0.05, 0.1) is 5.92 Å². The highest BCUT2D eigenvalue weighted by atomic mass is 16.2. The summed E-state index contributed by atoms with van der Waals surface area (Å²) in [5.74, 6) is -0.412. The molecular formula is C23H28N2O2. The Morgan fingerprint density at radius 3 is 2.41 bits per heavy atom. The van der Waals surface area contributed by atoms with Gasteiger partial charge < -0.3 is 10.2 Å². The van der Waals surface area contributed by atoms with E-state index in [2.05, 4.69) is 45.1 Å². The molecule has 142 valence electrons. The number of amides is 2. The lowest BCUT2D eigenvalue weighted by Gasteiger charge is -2.21. The average Bonchev–Trinajstić information content (AvgIpc) is 3.03. The van der Waals surface area contributed by atoms with Gasteiger partial charge in [-0.15, -0.1) is 0 Å². The highest BCUT2D eigenvalue weighted by molar-refractivity contribution is 6.03. The fourth-order valence-electron chi connectivity index (χ4n) is 3.46. The maximum absolute atomic E-state index is 12.7. The maximum atomic E-state index is 12.7. The van der Waals surface area contributed by atoms with Crippen LogP contribution in [0.2, 0.25) is 0 Å². The minimum Gasteiger partial charge on any atom is -0.326 e. The normalized spacial score (nSPS) is 17.3. The van der Waals surface area contributed by atoms with Gasteiger partial charge >= 0.3 is 0 Å². The van der Waals surface area contributed by atoms with Gasteiger partial charge in [0.1, 0.15) is 0 Å². The van der Waals surface area contributed by atoms with E-state index in [1.54, 1.807) is 4.90 Å². The fraction of sp³-hybridized carbons (Fsp3) is 0.391. The second-order valence-electron chi connectivity index (χ2n) is 8.20. The highest BCUT2D eigenvalue weighted by Crippen LogP contribution is 2.29. The zero-order chi connectivity index (χ0) is 19.6. The number of rotatable bonds is 4. The molecule has 1 fully saturated rings. The maximum Gasteiger partial charge on any atom is 0.229 e. The molecule has 0 aromatic heterocycles. The number of nitrogens with zero attached hydrogens (tertiary/aromatic N) is 1. The van der Waals surface area contributed by atoms with Gasteiger partial charge in [-0.05, 0) is 41.2 Å². The first-order valence-corrected chi connectivity index (χ1v) is 9.59. The molecule has 1 N–H and O–H groups in total. The van der Waals surface area contributed by atoms with E-state index in [4.69, 9.17) is 0 Å². The quantitative estimate of drug-likeness (QED) is 0.866. The number of carbonyl (C=O) groups excluding carboxylic acids is 2. The van der Waals surface area contributed by atoms with E-state index < -0.39 is 0 Å². The van der Waals surface area contributed by atoms with Gasteiger partial charge in [-0.25, -0.2) is 0 Å². The van der Waals surface area contributed by atoms with Crippen molar-refractivity contribution in [2.24, 2.45) is 5.92 Å². The molecule has 1 aliphatic heterocycles. The molecule has 1 heterocycles. The molecule has 27 heavy (non-hydrogen) atoms. The Labute approximate surface area is 161 Å². The lowest BCUT2D eigenvalue weighted by atomic mass is 9.87. The molecule has 0 radical (unpaired) electrons. The standard InChI is InChI=1S/C23H28N2O2/c1-5-16-8-6-7-9-20(16)24-22(27)17-14-21(26)25(15-17)19-12-10-18(11-13-19)23(2,3)4/h6-13,17H,5,14-15H2,1-4H3,(H,24,27). The molecule has 0 spiro atoms. The Balaban J connectivity index is 1.70. The summed E-state index contributed by atoms with van der Waals surface area (Å²) < 4.78 is 0. The average molecular weight is 364 g/mol. The van der Waals surface area contributed by atoms with E-state index in [0.717, 1.165) is 23.4 Å². The summed E-state index contributed by atoms with van der Waals surface area (Å²) >= 11 is 0. The summed E-state index contributed by atoms with van der Waals surface area (Å²) in [6.07, 6.45) is 1.10. The minimum absolute atomic E-state index is 0.00225. The van der Waals surface area contributed by atoms with E-state index in [1.807, 2.05) is 36.4 Å². The number of aryl methyl sites for hydroxylation is 1. The van der Waals surface area contributed by atoms with Crippen LogP contribution in [0, 0.1) is 5.92 Å². The lowest BCUT2D eigenvalue weighted by molar-refractivity contribution is -0.122. The van der Waals surface area contributed by atoms with E-state index in [9.17, 15) is 9.59 Å². The SMILES string of the molecule is CCc1ccccc1NC(=O)C1CC(=O)N(c2ccc(C(C)(C)C)cc2)C1. The second kappa shape index (κ2) is 7.55. The summed E-state index contributed by atoms with van der Waals surface area (Å²) in [6, 6.07) is 15.9. The van der Waals surface area contributed by atoms with Crippen molar-refractivity contribution in [3.05, 3.63) is 59.7 Å². The lowest BCUT2D eigenvalue weighted by Crippen LogP contribution is -2.28. The predicted molar refractivity (Wildman–Crippen MR) is 110 cm³/mol. The Bertz CT molecular complexity index is 834. The smallest absolute Gasteiger partial charge is 0.229 e. The van der Waals surface area contributed by atoms with Crippen molar-refractivity contribution in [2.75, 3.05) is 16.8 Å². The van der Waals surface area contributed by atoms with Crippen molar-refractivity contribution in [1.82, 2.24) is 0 Å². The van der Waals surface area contributed by atoms with Crippen molar-refractivity contribution in [2.45, 2.75) is 46.0 Å². The molecule has 2 aromatic rings. The van der Waals surface area contributed by atoms with Crippen molar-refractivity contribution >= 4 is 23.2 Å². The molecule has 0 aliphatic carbocycles. The van der Waals surface area contributed by atoms with Crippen LogP contribution in [0.25, 0.3) is 0 Å². The summed E-state index contributed by atoms with van der Waals surface area (Å²) in [4.78, 5) is 26.9. The first-order valence-electron chi connectivity index (χ1n) is 9.59. The van der Waals surface area contributed by atoms with Gasteiger partial charge in [-0.3, -0.25) is 9.59 Å². The van der Waals surface area contributed by atoms with Gasteiger partial charge in [0.2, 0.25) is 11.8 Å². The molecule has 4 heteroatoms. The van der Waals surface area contributed by atoms with Crippen LogP contribution in [0.15, 0.2) is 48.5 Å². The van der Waals surface area contributed by atoms with Crippen LogP contribution in [0.4, 0.5) is 11.4 Å². The van der Waals surface area contributed by atoms with Crippen LogP contribution < -0.4 is 10.2 Å². The van der Waals surface area contributed by atoms with Crippen molar-refractivity contribution in [3.8, 4) is 0 Å². The number of hydrogen-bond acceptors (Lipinski definition) is 2. The number of nitrogens with one attached hydrogen (secondary N) is 1. The van der Waals surface area contributed by atoms with E-state index in [0.29, 0.717) is 6.54 Å². The van der Waals surface area contributed by atoms with Crippen molar-refractivity contribution < 1.29 is 9.59 Å². The van der Waals surface area contributed by atoms with E-state index >= 15 is 0 Å². The molecule has 0 bridgehead atoms. The van der Waals surface area contributed by atoms with Crippen molar-refractivity contribution in [1.29, 1.82) is 0 Å². The van der Waals surface area contributed by atoms with Gasteiger partial charge in [0, 0.05) is 24.3 Å². The molecule has 2 aromatic carbocycles. The summed E-state index contributed by atoms with van der Waals surface area (Å²) in [7, 11) is 0. The molecule has 4 nitrogen and oxygen atoms in total. The van der Waals surface area contributed by atoms with Crippen molar-refractivity contribution in [3.63, 3.8) is 0 Å². The zero-order valence-electron chi connectivity index (χ0n) is 16.6. The highest BCUT2D eigenvalue weighted by Gasteiger charge is 2.35. The zero-order valence-corrected chi connectivity index (χ0v) is 16.6. The molecular weight excluding hydrogens is 336 g/mol. The first kappa shape index (κ1) is 19.2. The van der Waals surface area contributed by atoms with Crippen LogP contribution in [0.5, 0.6) is 0 Å². The second-order valence-corrected chi connectivity index (χ2v) is 8.20. The number of benzene rings is 2. The van der Waals surface area contributed by atoms with Gasteiger partial charge in [0.25, 0.3) is 0 Å². The summed E-state index contributed by atoms with van der Waals surface area (Å²) in [5, 5.41) is 3.01. The Hall–Kier alpha value is -2.62. The van der Waals surface area contributed by atoms with E-state index in [-0.39, 0.29) is 29.6 Å². The molecule has 1 unspecified atom stereocenters. The minimum atomic E-state index is -0.329. The summed E-state index contributed by atoms with van der Waals surface area (Å²) in [6.45, 7) is 8.98. The molecule has 0 saturated carbocycles. The fourth-order valence-corrected chi connectivity index (χ4v) is 3.46. The third-order valence-electron chi connectivity index (χ3n) is 5.20. The molecule has 1 saturated heterocycles. The van der Waals surface area contributed by atoms with Crippen LogP contribution in [-0.4, -0.2) is 18.4 Å². The third-order valence-corrected chi connectivity index (χ3v) is 5.20. The molecule has 1 atom stereocenters. The monoisotopic (exact) mass is 364 g/mol. The first-order chi connectivity index (χ1) is 12.8. The Kier molecular flexibility index (Phi) is 5.36. The Morgan fingerprint density at radius 2 is 1.78 bits per heavy atom. The van der Waals surface area contributed by atoms with Gasteiger partial charge in [0.15, 0.2) is 0 Å². The van der Waals surface area contributed by atoms with Crippen LogP contribution in [0.1, 0.15) is 45.2 Å². The van der Waals surface area contributed by atoms with E-state index in [1.165, 1.54) is 5.56 Å². The number of para-hydroxylation sites is 1. The largest absolute Gasteiger partial charge is 0.326 e. The summed E-state index contributed by atoms with van der Waals surface area (Å²) in [5.41, 5.74) is 4.10. The number of carbonyl (C=O) groups is 2. The van der Waals surface area contributed by atoms with Crippen LogP contribution in [-0.2, 0) is 21.4 Å². The molecule has 1 aliphatic rings. The number of hydrogen-bond donors (Lipinski definition) is 1. The number of anilines is 2. The Morgan fingerprint density at radius 1 is 1.11 bits per heavy atom. The molecule has 3 rings (SSSR count). The molecule has 2 amide bonds. The van der Waals surface area contributed by atoms with Gasteiger partial charge in [-0.1, -0.05) is 58.0 Å². The van der Waals surface area contributed by atoms with Crippen LogP contribution in [0.3, 0.4) is 0 Å². The topological polar surface area (TPSA) is 49.4 Å². The predicted octanol–water partition coefficient (Wildman–Crippen LogP) is 4.54. The third kappa shape index (κ3) is 4.21. The van der Waals surface area contributed by atoms with Gasteiger partial charge in [-0.2, -0.15) is 0 Å². The van der Waals surface area contributed by atoms with Crippen LogP contribution >= 0.6 is 0 Å².